The summed E-state index contributed by atoms with van der Waals surface area (Å²) in [6, 6.07) is 11.0. The van der Waals surface area contributed by atoms with Crippen LogP contribution in [0.4, 0.5) is 0 Å². The Morgan fingerprint density at radius 1 is 1.24 bits per heavy atom. The molecule has 0 aliphatic heterocycles. The van der Waals surface area contributed by atoms with Crippen molar-refractivity contribution in [2.45, 2.75) is 26.4 Å². The van der Waals surface area contributed by atoms with E-state index in [1.165, 1.54) is 16.0 Å². The molecule has 0 bridgehead atoms. The summed E-state index contributed by atoms with van der Waals surface area (Å²) >= 11 is 5.28. The summed E-state index contributed by atoms with van der Waals surface area (Å²) in [4.78, 5) is 1.42. The quantitative estimate of drug-likeness (QED) is 0.865. The minimum absolute atomic E-state index is 0.379. The molecular formula is C14H16BrNS. The van der Waals surface area contributed by atoms with E-state index in [1.54, 1.807) is 0 Å². The van der Waals surface area contributed by atoms with Crippen molar-refractivity contribution >= 4 is 27.3 Å². The van der Waals surface area contributed by atoms with Gasteiger partial charge in [0.25, 0.3) is 0 Å². The van der Waals surface area contributed by atoms with Crippen molar-refractivity contribution in [2.75, 3.05) is 0 Å². The maximum Gasteiger partial charge on any atom is 0.0308 e. The lowest BCUT2D eigenvalue weighted by molar-refractivity contribution is 0.578. The average Bonchev–Trinajstić information content (AvgIpc) is 2.73. The van der Waals surface area contributed by atoms with Gasteiger partial charge in [0.05, 0.1) is 0 Å². The van der Waals surface area contributed by atoms with Crippen molar-refractivity contribution in [3.8, 4) is 0 Å². The van der Waals surface area contributed by atoms with Crippen LogP contribution in [0.25, 0.3) is 0 Å². The molecular weight excluding hydrogens is 294 g/mol. The highest BCUT2D eigenvalue weighted by atomic mass is 79.9. The molecule has 0 spiro atoms. The van der Waals surface area contributed by atoms with Crippen molar-refractivity contribution in [1.82, 2.24) is 5.32 Å². The molecule has 1 atom stereocenters. The molecule has 0 aliphatic carbocycles. The number of benzene rings is 1. The molecule has 0 fully saturated rings. The number of thiophene rings is 1. The second-order valence-electron chi connectivity index (χ2n) is 4.18. The molecule has 0 saturated carbocycles. The lowest BCUT2D eigenvalue weighted by atomic mass is 10.1. The molecule has 1 unspecified atom stereocenters. The minimum Gasteiger partial charge on any atom is -0.305 e. The summed E-state index contributed by atoms with van der Waals surface area (Å²) in [7, 11) is 0. The lowest BCUT2D eigenvalue weighted by Gasteiger charge is -2.14. The second-order valence-corrected chi connectivity index (χ2v) is 6.10. The Morgan fingerprint density at radius 2 is 1.94 bits per heavy atom. The van der Waals surface area contributed by atoms with E-state index in [2.05, 4.69) is 70.8 Å². The highest BCUT2D eigenvalue weighted by Gasteiger charge is 2.06. The Kier molecular flexibility index (Phi) is 4.37. The molecule has 0 aliphatic rings. The van der Waals surface area contributed by atoms with E-state index in [0.29, 0.717) is 6.04 Å². The minimum atomic E-state index is 0.379. The van der Waals surface area contributed by atoms with Gasteiger partial charge in [-0.05, 0) is 48.6 Å². The van der Waals surface area contributed by atoms with E-state index < -0.39 is 0 Å². The fraction of sp³-hybridized carbons (Fsp3) is 0.286. The molecule has 1 heterocycles. The van der Waals surface area contributed by atoms with Gasteiger partial charge in [0.15, 0.2) is 0 Å². The van der Waals surface area contributed by atoms with Gasteiger partial charge in [-0.1, -0.05) is 28.1 Å². The number of halogens is 1. The van der Waals surface area contributed by atoms with Gasteiger partial charge in [-0.2, -0.15) is 0 Å². The summed E-state index contributed by atoms with van der Waals surface area (Å²) in [5, 5.41) is 5.71. The Morgan fingerprint density at radius 3 is 2.53 bits per heavy atom. The van der Waals surface area contributed by atoms with Crippen LogP contribution in [-0.2, 0) is 6.54 Å². The van der Waals surface area contributed by atoms with Crippen LogP contribution in [0.3, 0.4) is 0 Å². The number of aryl methyl sites for hydroxylation is 1. The van der Waals surface area contributed by atoms with Crippen LogP contribution in [-0.4, -0.2) is 0 Å². The van der Waals surface area contributed by atoms with Crippen molar-refractivity contribution in [3.63, 3.8) is 0 Å². The molecule has 0 saturated heterocycles. The Bertz CT molecular complexity index is 475. The molecule has 1 nitrogen and oxygen atoms in total. The van der Waals surface area contributed by atoms with Gasteiger partial charge in [-0.15, -0.1) is 11.3 Å². The zero-order chi connectivity index (χ0) is 12.3. The molecule has 2 aromatic rings. The highest BCUT2D eigenvalue weighted by Crippen LogP contribution is 2.19. The summed E-state index contributed by atoms with van der Waals surface area (Å²) in [5.41, 5.74) is 2.70. The van der Waals surface area contributed by atoms with Gasteiger partial charge in [0, 0.05) is 21.9 Å². The van der Waals surface area contributed by atoms with E-state index in [-0.39, 0.29) is 0 Å². The van der Waals surface area contributed by atoms with Crippen LogP contribution in [0.5, 0.6) is 0 Å². The molecule has 17 heavy (non-hydrogen) atoms. The van der Waals surface area contributed by atoms with Crippen LogP contribution < -0.4 is 5.32 Å². The van der Waals surface area contributed by atoms with Gasteiger partial charge in [-0.25, -0.2) is 0 Å². The van der Waals surface area contributed by atoms with Crippen molar-refractivity contribution in [2.24, 2.45) is 0 Å². The summed E-state index contributed by atoms with van der Waals surface area (Å²) in [5.74, 6) is 0. The average molecular weight is 310 g/mol. The first-order valence-corrected chi connectivity index (χ1v) is 7.36. The third-order valence-electron chi connectivity index (χ3n) is 2.91. The van der Waals surface area contributed by atoms with Crippen LogP contribution in [0.15, 0.2) is 40.2 Å². The lowest BCUT2D eigenvalue weighted by Crippen LogP contribution is -2.17. The topological polar surface area (TPSA) is 12.0 Å². The summed E-state index contributed by atoms with van der Waals surface area (Å²) in [6.07, 6.45) is 0. The molecule has 3 heteroatoms. The first kappa shape index (κ1) is 12.8. The number of hydrogen-bond acceptors (Lipinski definition) is 2. The smallest absolute Gasteiger partial charge is 0.0308 e. The molecule has 2 rings (SSSR count). The molecule has 0 radical (unpaired) electrons. The highest BCUT2D eigenvalue weighted by molar-refractivity contribution is 9.10. The van der Waals surface area contributed by atoms with Gasteiger partial charge in [0.2, 0.25) is 0 Å². The van der Waals surface area contributed by atoms with Crippen LogP contribution >= 0.6 is 27.3 Å². The van der Waals surface area contributed by atoms with E-state index in [9.17, 15) is 0 Å². The van der Waals surface area contributed by atoms with E-state index in [4.69, 9.17) is 0 Å². The standard InChI is InChI=1S/C14H16BrNS/c1-10-7-8-17-14(10)9-16-11(2)12-3-5-13(15)6-4-12/h3-8,11,16H,9H2,1-2H3. The number of rotatable bonds is 4. The molecule has 90 valence electrons. The van der Waals surface area contributed by atoms with Crippen LogP contribution in [0.2, 0.25) is 0 Å². The maximum absolute atomic E-state index is 3.56. The van der Waals surface area contributed by atoms with Crippen molar-refractivity contribution in [3.05, 3.63) is 56.2 Å². The largest absolute Gasteiger partial charge is 0.305 e. The Balaban J connectivity index is 1.95. The third-order valence-corrected chi connectivity index (χ3v) is 4.46. The molecule has 1 aromatic carbocycles. The van der Waals surface area contributed by atoms with E-state index >= 15 is 0 Å². The predicted molar refractivity (Wildman–Crippen MR) is 78.5 cm³/mol. The van der Waals surface area contributed by atoms with Crippen LogP contribution in [0.1, 0.15) is 29.0 Å². The van der Waals surface area contributed by atoms with Crippen molar-refractivity contribution in [1.29, 1.82) is 0 Å². The second kappa shape index (κ2) is 5.80. The molecule has 1 aromatic heterocycles. The number of nitrogens with one attached hydrogen (secondary N) is 1. The van der Waals surface area contributed by atoms with E-state index in [0.717, 1.165) is 11.0 Å². The number of hydrogen-bond donors (Lipinski definition) is 1. The van der Waals surface area contributed by atoms with Gasteiger partial charge >= 0.3 is 0 Å². The fourth-order valence-corrected chi connectivity index (χ4v) is 2.82. The fourth-order valence-electron chi connectivity index (χ4n) is 1.70. The first-order chi connectivity index (χ1) is 8.16. The van der Waals surface area contributed by atoms with Crippen LogP contribution in [0, 0.1) is 6.92 Å². The summed E-state index contributed by atoms with van der Waals surface area (Å²) < 4.78 is 1.13. The SMILES string of the molecule is Cc1ccsc1CNC(C)c1ccc(Br)cc1. The zero-order valence-electron chi connectivity index (χ0n) is 10.0. The van der Waals surface area contributed by atoms with Gasteiger partial charge in [0.1, 0.15) is 0 Å². The molecule has 0 amide bonds. The monoisotopic (exact) mass is 309 g/mol. The Hall–Kier alpha value is -0.640. The zero-order valence-corrected chi connectivity index (χ0v) is 12.4. The van der Waals surface area contributed by atoms with Gasteiger partial charge < -0.3 is 5.32 Å². The Labute approximate surface area is 115 Å². The predicted octanol–water partition coefficient (Wildman–Crippen LogP) is 4.67. The van der Waals surface area contributed by atoms with Crippen molar-refractivity contribution < 1.29 is 0 Å². The molecule has 1 N–H and O–H groups in total. The third kappa shape index (κ3) is 3.41. The van der Waals surface area contributed by atoms with Gasteiger partial charge in [-0.3, -0.25) is 0 Å². The first-order valence-electron chi connectivity index (χ1n) is 5.68. The normalized spacial score (nSPS) is 12.6. The van der Waals surface area contributed by atoms with E-state index in [1.807, 2.05) is 11.3 Å². The maximum atomic E-state index is 3.56. The summed E-state index contributed by atoms with van der Waals surface area (Å²) in [6.45, 7) is 5.31.